The number of amides is 2. The van der Waals surface area contributed by atoms with E-state index in [9.17, 15) is 9.59 Å². The number of carbonyl (C=O) groups is 2. The van der Waals surface area contributed by atoms with E-state index in [1.165, 1.54) is 16.9 Å². The van der Waals surface area contributed by atoms with E-state index in [0.29, 0.717) is 31.1 Å². The van der Waals surface area contributed by atoms with Crippen molar-refractivity contribution >= 4 is 46.1 Å². The van der Waals surface area contributed by atoms with Crippen LogP contribution < -0.4 is 11.1 Å². The molecule has 0 atom stereocenters. The maximum Gasteiger partial charge on any atom is 0.261 e. The topological polar surface area (TPSA) is 75.4 Å². The van der Waals surface area contributed by atoms with Crippen molar-refractivity contribution in [1.29, 1.82) is 0 Å². The van der Waals surface area contributed by atoms with Crippen molar-refractivity contribution in [2.45, 2.75) is 19.4 Å². The van der Waals surface area contributed by atoms with Crippen LogP contribution in [0.25, 0.3) is 10.1 Å². The van der Waals surface area contributed by atoms with Crippen LogP contribution in [0.3, 0.4) is 0 Å². The SMILES string of the molecule is Cl.NCc1ccc(CCCN(C=O)CCNC(=O)c2cc3ccccc3s2)cc1. The van der Waals surface area contributed by atoms with Gasteiger partial charge < -0.3 is 16.0 Å². The summed E-state index contributed by atoms with van der Waals surface area (Å²) in [5.74, 6) is -0.0907. The van der Waals surface area contributed by atoms with Gasteiger partial charge in [0, 0.05) is 30.9 Å². The molecule has 0 spiro atoms. The van der Waals surface area contributed by atoms with Crippen LogP contribution in [0.4, 0.5) is 0 Å². The monoisotopic (exact) mass is 431 g/mol. The molecule has 2 aromatic carbocycles. The molecule has 3 rings (SSSR count). The van der Waals surface area contributed by atoms with E-state index >= 15 is 0 Å². The van der Waals surface area contributed by atoms with E-state index in [2.05, 4.69) is 17.4 Å². The zero-order chi connectivity index (χ0) is 19.8. The Morgan fingerprint density at radius 1 is 1.07 bits per heavy atom. The lowest BCUT2D eigenvalue weighted by atomic mass is 10.1. The molecule has 0 bridgehead atoms. The fraction of sp³-hybridized carbons (Fsp3) is 0.273. The molecular formula is C22H26ClN3O2S. The Morgan fingerprint density at radius 3 is 2.48 bits per heavy atom. The normalized spacial score (nSPS) is 10.4. The minimum absolute atomic E-state index is 0. The number of hydrogen-bond donors (Lipinski definition) is 2. The van der Waals surface area contributed by atoms with Gasteiger partial charge in [0.25, 0.3) is 5.91 Å². The molecule has 0 unspecified atom stereocenters. The molecule has 5 nitrogen and oxygen atoms in total. The van der Waals surface area contributed by atoms with E-state index in [-0.39, 0.29) is 18.3 Å². The van der Waals surface area contributed by atoms with Gasteiger partial charge in [-0.25, -0.2) is 0 Å². The molecule has 0 saturated carbocycles. The summed E-state index contributed by atoms with van der Waals surface area (Å²) in [7, 11) is 0. The highest BCUT2D eigenvalue weighted by atomic mass is 35.5. The van der Waals surface area contributed by atoms with Gasteiger partial charge in [0.05, 0.1) is 4.88 Å². The molecular weight excluding hydrogens is 406 g/mol. The smallest absolute Gasteiger partial charge is 0.261 e. The lowest BCUT2D eigenvalue weighted by Crippen LogP contribution is -2.34. The molecule has 3 aromatic rings. The molecule has 0 fully saturated rings. The Morgan fingerprint density at radius 2 is 1.79 bits per heavy atom. The largest absolute Gasteiger partial charge is 0.350 e. The van der Waals surface area contributed by atoms with Crippen LogP contribution in [0.1, 0.15) is 27.2 Å². The molecule has 0 radical (unpaired) electrons. The van der Waals surface area contributed by atoms with Crippen LogP contribution in [0.2, 0.25) is 0 Å². The number of rotatable bonds is 10. The Labute approximate surface area is 181 Å². The number of nitrogens with two attached hydrogens (primary N) is 1. The Balaban J connectivity index is 0.00000300. The minimum Gasteiger partial charge on any atom is -0.350 e. The maximum atomic E-state index is 12.3. The van der Waals surface area contributed by atoms with Gasteiger partial charge in [-0.1, -0.05) is 42.5 Å². The number of hydrogen-bond acceptors (Lipinski definition) is 4. The van der Waals surface area contributed by atoms with Crippen LogP contribution in [0, 0.1) is 0 Å². The Hall–Kier alpha value is -2.41. The summed E-state index contributed by atoms with van der Waals surface area (Å²) in [6, 6.07) is 18.1. The predicted molar refractivity (Wildman–Crippen MR) is 122 cm³/mol. The molecule has 0 aliphatic heterocycles. The third kappa shape index (κ3) is 6.56. The third-order valence-corrected chi connectivity index (χ3v) is 5.77. The van der Waals surface area contributed by atoms with Gasteiger partial charge in [-0.05, 0) is 41.5 Å². The van der Waals surface area contributed by atoms with Crippen LogP contribution in [-0.2, 0) is 17.8 Å². The Bertz CT molecular complexity index is 894. The van der Waals surface area contributed by atoms with E-state index in [4.69, 9.17) is 5.73 Å². The maximum absolute atomic E-state index is 12.3. The van der Waals surface area contributed by atoms with Gasteiger partial charge in [0.1, 0.15) is 0 Å². The number of benzene rings is 2. The number of fused-ring (bicyclic) bond motifs is 1. The van der Waals surface area contributed by atoms with Crippen molar-refractivity contribution in [1.82, 2.24) is 10.2 Å². The van der Waals surface area contributed by atoms with Gasteiger partial charge in [-0.3, -0.25) is 9.59 Å². The number of aryl methyl sites for hydroxylation is 1. The van der Waals surface area contributed by atoms with Crippen molar-refractivity contribution in [2.24, 2.45) is 5.73 Å². The van der Waals surface area contributed by atoms with Gasteiger partial charge in [-0.15, -0.1) is 23.7 Å². The van der Waals surface area contributed by atoms with Crippen molar-refractivity contribution in [3.63, 3.8) is 0 Å². The molecule has 7 heteroatoms. The van der Waals surface area contributed by atoms with Crippen LogP contribution in [0.5, 0.6) is 0 Å². The quantitative estimate of drug-likeness (QED) is 0.481. The summed E-state index contributed by atoms with van der Waals surface area (Å²) in [5, 5.41) is 3.98. The van der Waals surface area contributed by atoms with E-state index in [1.54, 1.807) is 4.90 Å². The number of thiophene rings is 1. The average Bonchev–Trinajstić information content (AvgIpc) is 3.17. The summed E-state index contributed by atoms with van der Waals surface area (Å²) >= 11 is 1.48. The zero-order valence-corrected chi connectivity index (χ0v) is 17.8. The van der Waals surface area contributed by atoms with Gasteiger partial charge in [-0.2, -0.15) is 0 Å². The molecule has 1 heterocycles. The first-order chi connectivity index (χ1) is 13.7. The van der Waals surface area contributed by atoms with Crippen molar-refractivity contribution < 1.29 is 9.59 Å². The minimum atomic E-state index is -0.0907. The fourth-order valence-corrected chi connectivity index (χ4v) is 4.02. The summed E-state index contributed by atoms with van der Waals surface area (Å²) < 4.78 is 1.10. The highest BCUT2D eigenvalue weighted by Gasteiger charge is 2.10. The molecule has 3 N–H and O–H groups in total. The zero-order valence-electron chi connectivity index (χ0n) is 16.2. The molecule has 0 saturated heterocycles. The van der Waals surface area contributed by atoms with Gasteiger partial charge in [0.2, 0.25) is 6.41 Å². The van der Waals surface area contributed by atoms with Crippen molar-refractivity contribution in [3.05, 3.63) is 70.6 Å². The summed E-state index contributed by atoms with van der Waals surface area (Å²) in [6.07, 6.45) is 2.64. The van der Waals surface area contributed by atoms with Crippen LogP contribution >= 0.6 is 23.7 Å². The van der Waals surface area contributed by atoms with Crippen LogP contribution in [0.15, 0.2) is 54.6 Å². The van der Waals surface area contributed by atoms with Crippen LogP contribution in [-0.4, -0.2) is 36.9 Å². The lowest BCUT2D eigenvalue weighted by molar-refractivity contribution is -0.118. The standard InChI is InChI=1S/C22H25N3O2S.ClH/c23-15-18-9-7-17(8-10-18)4-3-12-25(16-26)13-11-24-22(27)21-14-19-5-1-2-6-20(19)28-21;/h1-2,5-10,14,16H,3-4,11-13,15,23H2,(H,24,27);1H. The number of nitrogens with zero attached hydrogens (tertiary/aromatic N) is 1. The van der Waals surface area contributed by atoms with Gasteiger partial charge >= 0.3 is 0 Å². The molecule has 154 valence electrons. The second-order valence-electron chi connectivity index (χ2n) is 6.67. The highest BCUT2D eigenvalue weighted by Crippen LogP contribution is 2.24. The highest BCUT2D eigenvalue weighted by molar-refractivity contribution is 7.20. The van der Waals surface area contributed by atoms with Gasteiger partial charge in [0.15, 0.2) is 0 Å². The number of nitrogens with one attached hydrogen (secondary N) is 1. The van der Waals surface area contributed by atoms with Crippen molar-refractivity contribution in [3.8, 4) is 0 Å². The number of halogens is 1. The predicted octanol–water partition coefficient (Wildman–Crippen LogP) is 3.60. The molecule has 0 aliphatic carbocycles. The summed E-state index contributed by atoms with van der Waals surface area (Å²) in [5.41, 5.74) is 7.96. The van der Waals surface area contributed by atoms with Crippen molar-refractivity contribution in [2.75, 3.05) is 19.6 Å². The second-order valence-corrected chi connectivity index (χ2v) is 7.75. The average molecular weight is 432 g/mol. The number of carbonyl (C=O) groups excluding carboxylic acids is 2. The van der Waals surface area contributed by atoms with E-state index in [1.807, 2.05) is 42.5 Å². The first-order valence-corrected chi connectivity index (χ1v) is 10.3. The van der Waals surface area contributed by atoms with E-state index in [0.717, 1.165) is 34.9 Å². The third-order valence-electron chi connectivity index (χ3n) is 4.65. The molecule has 29 heavy (non-hydrogen) atoms. The first-order valence-electron chi connectivity index (χ1n) is 9.43. The Kier molecular flexibility index (Phi) is 9.12. The molecule has 2 amide bonds. The molecule has 0 aliphatic rings. The second kappa shape index (κ2) is 11.6. The summed E-state index contributed by atoms with van der Waals surface area (Å²) in [6.45, 7) is 2.16. The summed E-state index contributed by atoms with van der Waals surface area (Å²) in [4.78, 5) is 26.0. The first kappa shape index (κ1) is 22.9. The lowest BCUT2D eigenvalue weighted by Gasteiger charge is -2.17. The van der Waals surface area contributed by atoms with E-state index < -0.39 is 0 Å². The fourth-order valence-electron chi connectivity index (χ4n) is 3.04. The molecule has 1 aromatic heterocycles.